The van der Waals surface area contributed by atoms with E-state index in [9.17, 15) is 14.9 Å². The van der Waals surface area contributed by atoms with E-state index in [-0.39, 0.29) is 11.7 Å². The standard InChI is InChI=1S/C16H21ClN4O3/c17-12-5-6-14(15(11-12)21(23)24)19-7-9-20(10-8-19)16(22)18-13-3-1-2-4-13/h5-6,11,13H,1-4,7-10H2,(H,18,22). The summed E-state index contributed by atoms with van der Waals surface area (Å²) in [5.41, 5.74) is 0.562. The van der Waals surface area contributed by atoms with Gasteiger partial charge in [0.15, 0.2) is 0 Å². The van der Waals surface area contributed by atoms with Crippen molar-refractivity contribution in [2.24, 2.45) is 0 Å². The number of hydrogen-bond acceptors (Lipinski definition) is 4. The van der Waals surface area contributed by atoms with Gasteiger partial charge in [0.1, 0.15) is 5.69 Å². The Labute approximate surface area is 145 Å². The number of nitrogens with zero attached hydrogens (tertiary/aromatic N) is 3. The minimum Gasteiger partial charge on any atom is -0.362 e. The van der Waals surface area contributed by atoms with Crippen molar-refractivity contribution in [3.63, 3.8) is 0 Å². The number of rotatable bonds is 3. The first kappa shape index (κ1) is 16.8. The maximum atomic E-state index is 12.3. The minimum absolute atomic E-state index is 0.00589. The fraction of sp³-hybridized carbons (Fsp3) is 0.562. The van der Waals surface area contributed by atoms with E-state index in [0.717, 1.165) is 12.8 Å². The lowest BCUT2D eigenvalue weighted by Crippen LogP contribution is -2.53. The molecule has 0 spiro atoms. The van der Waals surface area contributed by atoms with Gasteiger partial charge in [0.2, 0.25) is 0 Å². The molecule has 3 rings (SSSR count). The molecule has 0 bridgehead atoms. The summed E-state index contributed by atoms with van der Waals surface area (Å²) in [4.78, 5) is 26.8. The Morgan fingerprint density at radius 2 is 1.88 bits per heavy atom. The summed E-state index contributed by atoms with van der Waals surface area (Å²) >= 11 is 5.86. The second kappa shape index (κ2) is 7.25. The second-order valence-electron chi connectivity index (χ2n) is 6.30. The van der Waals surface area contributed by atoms with Gasteiger partial charge in [0.05, 0.1) is 4.92 Å². The number of urea groups is 1. The van der Waals surface area contributed by atoms with Crippen LogP contribution in [-0.4, -0.2) is 48.1 Å². The van der Waals surface area contributed by atoms with Gasteiger partial charge in [-0.1, -0.05) is 24.4 Å². The zero-order chi connectivity index (χ0) is 17.1. The van der Waals surface area contributed by atoms with Crippen molar-refractivity contribution in [3.05, 3.63) is 33.3 Å². The van der Waals surface area contributed by atoms with E-state index >= 15 is 0 Å². The zero-order valence-electron chi connectivity index (χ0n) is 13.4. The lowest BCUT2D eigenvalue weighted by molar-refractivity contribution is -0.384. The van der Waals surface area contributed by atoms with Crippen molar-refractivity contribution in [2.45, 2.75) is 31.7 Å². The number of carbonyl (C=O) groups is 1. The van der Waals surface area contributed by atoms with Crippen molar-refractivity contribution < 1.29 is 9.72 Å². The Morgan fingerprint density at radius 3 is 2.50 bits per heavy atom. The average molecular weight is 353 g/mol. The molecule has 2 fully saturated rings. The number of benzene rings is 1. The highest BCUT2D eigenvalue weighted by Crippen LogP contribution is 2.31. The summed E-state index contributed by atoms with van der Waals surface area (Å²) in [5.74, 6) is 0. The smallest absolute Gasteiger partial charge is 0.317 e. The fourth-order valence-electron chi connectivity index (χ4n) is 3.40. The summed E-state index contributed by atoms with van der Waals surface area (Å²) in [6.45, 7) is 2.25. The van der Waals surface area contributed by atoms with Crippen LogP contribution in [0.1, 0.15) is 25.7 Å². The molecule has 0 aromatic heterocycles. The first-order valence-corrected chi connectivity index (χ1v) is 8.67. The molecule has 1 aromatic carbocycles. The molecular weight excluding hydrogens is 332 g/mol. The van der Waals surface area contributed by atoms with Gasteiger partial charge in [0, 0.05) is 43.3 Å². The number of carbonyl (C=O) groups excluding carboxylic acids is 1. The quantitative estimate of drug-likeness (QED) is 0.670. The van der Waals surface area contributed by atoms with E-state index in [4.69, 9.17) is 11.6 Å². The molecule has 0 unspecified atom stereocenters. The third-order valence-corrected chi connectivity index (χ3v) is 4.96. The van der Waals surface area contributed by atoms with Gasteiger partial charge in [-0.25, -0.2) is 4.79 Å². The molecule has 1 aliphatic heterocycles. The third-order valence-electron chi connectivity index (χ3n) is 4.72. The second-order valence-corrected chi connectivity index (χ2v) is 6.73. The highest BCUT2D eigenvalue weighted by molar-refractivity contribution is 6.30. The molecule has 1 heterocycles. The molecule has 1 aliphatic carbocycles. The molecule has 2 aliphatic rings. The van der Waals surface area contributed by atoms with Crippen LogP contribution in [-0.2, 0) is 0 Å². The largest absolute Gasteiger partial charge is 0.362 e. The van der Waals surface area contributed by atoms with Crippen LogP contribution in [0.2, 0.25) is 5.02 Å². The molecular formula is C16H21ClN4O3. The highest BCUT2D eigenvalue weighted by atomic mass is 35.5. The molecule has 0 atom stereocenters. The van der Waals surface area contributed by atoms with Crippen LogP contribution < -0.4 is 10.2 Å². The third kappa shape index (κ3) is 3.72. The average Bonchev–Trinajstić information content (AvgIpc) is 3.08. The van der Waals surface area contributed by atoms with Gasteiger partial charge >= 0.3 is 6.03 Å². The highest BCUT2D eigenvalue weighted by Gasteiger charge is 2.27. The first-order valence-electron chi connectivity index (χ1n) is 8.29. The number of nitrogens with one attached hydrogen (secondary N) is 1. The predicted molar refractivity (Wildman–Crippen MR) is 92.7 cm³/mol. The van der Waals surface area contributed by atoms with E-state index in [1.54, 1.807) is 17.0 Å². The van der Waals surface area contributed by atoms with Crippen LogP contribution in [0.4, 0.5) is 16.2 Å². The number of hydrogen-bond donors (Lipinski definition) is 1. The van der Waals surface area contributed by atoms with E-state index in [1.165, 1.54) is 18.9 Å². The lowest BCUT2D eigenvalue weighted by atomic mass is 10.2. The monoisotopic (exact) mass is 352 g/mol. The maximum absolute atomic E-state index is 12.3. The van der Waals surface area contributed by atoms with Crippen molar-refractivity contribution in [2.75, 3.05) is 31.1 Å². The summed E-state index contributed by atoms with van der Waals surface area (Å²) < 4.78 is 0. The van der Waals surface area contributed by atoms with Crippen molar-refractivity contribution in [1.29, 1.82) is 0 Å². The Kier molecular flexibility index (Phi) is 5.08. The summed E-state index contributed by atoms with van der Waals surface area (Å²) in [6.07, 6.45) is 4.48. The Hall–Kier alpha value is -2.02. The topological polar surface area (TPSA) is 78.7 Å². The Morgan fingerprint density at radius 1 is 1.21 bits per heavy atom. The number of nitro benzene ring substituents is 1. The van der Waals surface area contributed by atoms with Gasteiger partial charge < -0.3 is 15.1 Å². The van der Waals surface area contributed by atoms with Crippen LogP contribution in [0.3, 0.4) is 0 Å². The first-order chi connectivity index (χ1) is 11.5. The molecule has 0 radical (unpaired) electrons. The summed E-state index contributed by atoms with van der Waals surface area (Å²) in [6, 6.07) is 4.98. The molecule has 24 heavy (non-hydrogen) atoms. The van der Waals surface area contributed by atoms with E-state index in [2.05, 4.69) is 5.32 Å². The molecule has 1 N–H and O–H groups in total. The van der Waals surface area contributed by atoms with Crippen molar-refractivity contribution >= 4 is 29.0 Å². The fourth-order valence-corrected chi connectivity index (χ4v) is 3.56. The number of amides is 2. The van der Waals surface area contributed by atoms with Gasteiger partial charge in [-0.3, -0.25) is 10.1 Å². The minimum atomic E-state index is -0.416. The van der Waals surface area contributed by atoms with Crippen molar-refractivity contribution in [1.82, 2.24) is 10.2 Å². The molecule has 8 heteroatoms. The maximum Gasteiger partial charge on any atom is 0.317 e. The Balaban J connectivity index is 1.60. The van der Waals surface area contributed by atoms with Crippen LogP contribution in [0.5, 0.6) is 0 Å². The molecule has 1 aromatic rings. The predicted octanol–water partition coefficient (Wildman–Crippen LogP) is 3.02. The van der Waals surface area contributed by atoms with Gasteiger partial charge in [-0.2, -0.15) is 0 Å². The van der Waals surface area contributed by atoms with Crippen LogP contribution in [0.25, 0.3) is 0 Å². The number of halogens is 1. The SMILES string of the molecule is O=C(NC1CCCC1)N1CCN(c2ccc(Cl)cc2[N+](=O)[O-])CC1. The molecule has 7 nitrogen and oxygen atoms in total. The Bertz CT molecular complexity index is 626. The zero-order valence-corrected chi connectivity index (χ0v) is 14.2. The van der Waals surface area contributed by atoms with Gasteiger partial charge in [-0.05, 0) is 25.0 Å². The normalized spacial score (nSPS) is 18.7. The van der Waals surface area contributed by atoms with Crippen LogP contribution >= 0.6 is 11.6 Å². The molecule has 2 amide bonds. The van der Waals surface area contributed by atoms with Crippen LogP contribution in [0.15, 0.2) is 18.2 Å². The molecule has 1 saturated carbocycles. The van der Waals surface area contributed by atoms with Crippen molar-refractivity contribution in [3.8, 4) is 0 Å². The van der Waals surface area contributed by atoms with E-state index < -0.39 is 4.92 Å². The summed E-state index contributed by atoms with van der Waals surface area (Å²) in [5, 5.41) is 14.7. The van der Waals surface area contributed by atoms with Crippen LogP contribution in [0, 0.1) is 10.1 Å². The van der Waals surface area contributed by atoms with E-state index in [0.29, 0.717) is 42.9 Å². The van der Waals surface area contributed by atoms with Gasteiger partial charge in [0.25, 0.3) is 5.69 Å². The number of piperazine rings is 1. The molecule has 1 saturated heterocycles. The molecule has 130 valence electrons. The summed E-state index contributed by atoms with van der Waals surface area (Å²) in [7, 11) is 0. The lowest BCUT2D eigenvalue weighted by Gasteiger charge is -2.36. The number of anilines is 1. The number of nitro groups is 1. The van der Waals surface area contributed by atoms with E-state index in [1.807, 2.05) is 4.90 Å². The van der Waals surface area contributed by atoms with Gasteiger partial charge in [-0.15, -0.1) is 0 Å².